The molecule has 0 amide bonds. The highest BCUT2D eigenvalue weighted by molar-refractivity contribution is 9.10. The second-order valence-corrected chi connectivity index (χ2v) is 5.81. The van der Waals surface area contributed by atoms with E-state index in [1.165, 1.54) is 5.56 Å². The Morgan fingerprint density at radius 3 is 2.90 bits per heavy atom. The van der Waals surface area contributed by atoms with E-state index >= 15 is 0 Å². The number of hydrogen-bond donors (Lipinski definition) is 1. The Kier molecular flexibility index (Phi) is 3.57. The highest BCUT2D eigenvalue weighted by Gasteiger charge is 2.23. The Balaban J connectivity index is 1.94. The fourth-order valence-electron chi connectivity index (χ4n) is 2.43. The average Bonchev–Trinajstić information content (AvgIpc) is 2.46. The Morgan fingerprint density at radius 1 is 1.25 bits per heavy atom. The highest BCUT2D eigenvalue weighted by atomic mass is 79.9. The molecule has 2 aromatic carbocycles. The largest absolute Gasteiger partial charge is 0.496 e. The van der Waals surface area contributed by atoms with Crippen LogP contribution in [-0.2, 0) is 0 Å². The molecule has 104 valence electrons. The molecule has 0 saturated carbocycles. The molecule has 3 nitrogen and oxygen atoms in total. The predicted octanol–water partition coefficient (Wildman–Crippen LogP) is 4.31. The predicted molar refractivity (Wildman–Crippen MR) is 83.7 cm³/mol. The van der Waals surface area contributed by atoms with E-state index in [9.17, 15) is 0 Å². The van der Waals surface area contributed by atoms with E-state index < -0.39 is 0 Å². The molecule has 1 aliphatic heterocycles. The molecule has 1 N–H and O–H groups in total. The van der Waals surface area contributed by atoms with Crippen LogP contribution in [0.3, 0.4) is 0 Å². The first-order chi connectivity index (χ1) is 9.67. The third-order valence-electron chi connectivity index (χ3n) is 3.44. The van der Waals surface area contributed by atoms with Crippen molar-refractivity contribution in [1.82, 2.24) is 0 Å². The molecule has 0 aromatic heterocycles. The van der Waals surface area contributed by atoms with E-state index in [0.29, 0.717) is 6.61 Å². The smallest absolute Gasteiger partial charge is 0.143 e. The second kappa shape index (κ2) is 5.37. The van der Waals surface area contributed by atoms with E-state index in [2.05, 4.69) is 40.3 Å². The van der Waals surface area contributed by atoms with Crippen LogP contribution in [0.2, 0.25) is 0 Å². The Hall–Kier alpha value is -1.68. The molecule has 3 rings (SSSR count). The normalized spacial score (nSPS) is 16.9. The van der Waals surface area contributed by atoms with Gasteiger partial charge in [-0.15, -0.1) is 0 Å². The molecular weight excluding hydrogens is 318 g/mol. The average molecular weight is 334 g/mol. The molecule has 0 saturated heterocycles. The van der Waals surface area contributed by atoms with Crippen LogP contribution in [0.25, 0.3) is 0 Å². The number of ether oxygens (including phenoxy) is 2. The Morgan fingerprint density at radius 2 is 2.10 bits per heavy atom. The van der Waals surface area contributed by atoms with Crippen molar-refractivity contribution in [3.63, 3.8) is 0 Å². The summed E-state index contributed by atoms with van der Waals surface area (Å²) in [5.41, 5.74) is 3.35. The van der Waals surface area contributed by atoms with Crippen molar-refractivity contribution in [2.75, 3.05) is 19.0 Å². The second-order valence-electron chi connectivity index (χ2n) is 4.89. The summed E-state index contributed by atoms with van der Waals surface area (Å²) in [6, 6.07) is 12.3. The van der Waals surface area contributed by atoms with Crippen molar-refractivity contribution in [2.24, 2.45) is 0 Å². The molecule has 1 atom stereocenters. The quantitative estimate of drug-likeness (QED) is 0.888. The highest BCUT2D eigenvalue weighted by Crippen LogP contribution is 2.38. The van der Waals surface area contributed by atoms with Gasteiger partial charge in [-0.05, 0) is 31.2 Å². The van der Waals surface area contributed by atoms with E-state index in [4.69, 9.17) is 9.47 Å². The van der Waals surface area contributed by atoms with Gasteiger partial charge < -0.3 is 14.8 Å². The zero-order chi connectivity index (χ0) is 14.1. The lowest BCUT2D eigenvalue weighted by atomic mass is 10.0. The maximum Gasteiger partial charge on any atom is 0.143 e. The first kappa shape index (κ1) is 13.3. The van der Waals surface area contributed by atoms with E-state index in [1.807, 2.05) is 24.3 Å². The number of rotatable bonds is 2. The molecule has 0 aliphatic carbocycles. The molecule has 1 aliphatic rings. The number of methoxy groups -OCH3 is 1. The van der Waals surface area contributed by atoms with Gasteiger partial charge in [-0.2, -0.15) is 0 Å². The van der Waals surface area contributed by atoms with Crippen molar-refractivity contribution >= 4 is 21.6 Å². The van der Waals surface area contributed by atoms with Crippen LogP contribution in [0.4, 0.5) is 5.69 Å². The number of hydrogen-bond acceptors (Lipinski definition) is 3. The molecule has 1 heterocycles. The van der Waals surface area contributed by atoms with Gasteiger partial charge in [0.1, 0.15) is 18.1 Å². The van der Waals surface area contributed by atoms with Crippen LogP contribution in [0.5, 0.6) is 11.5 Å². The summed E-state index contributed by atoms with van der Waals surface area (Å²) in [6.07, 6.45) is 0. The van der Waals surface area contributed by atoms with Gasteiger partial charge in [0.25, 0.3) is 0 Å². The minimum atomic E-state index is 0.0959. The van der Waals surface area contributed by atoms with Crippen LogP contribution < -0.4 is 14.8 Å². The van der Waals surface area contributed by atoms with Crippen molar-refractivity contribution in [2.45, 2.75) is 13.0 Å². The van der Waals surface area contributed by atoms with E-state index in [-0.39, 0.29) is 6.04 Å². The van der Waals surface area contributed by atoms with Crippen LogP contribution in [-0.4, -0.2) is 13.7 Å². The lowest BCUT2D eigenvalue weighted by molar-refractivity contribution is 0.282. The number of benzene rings is 2. The van der Waals surface area contributed by atoms with Gasteiger partial charge >= 0.3 is 0 Å². The number of nitrogens with one attached hydrogen (secondary N) is 1. The summed E-state index contributed by atoms with van der Waals surface area (Å²) >= 11 is 3.45. The van der Waals surface area contributed by atoms with E-state index in [0.717, 1.165) is 27.2 Å². The summed E-state index contributed by atoms with van der Waals surface area (Å²) in [7, 11) is 1.70. The van der Waals surface area contributed by atoms with Gasteiger partial charge in [-0.25, -0.2) is 0 Å². The molecule has 0 bridgehead atoms. The number of halogens is 1. The van der Waals surface area contributed by atoms with Crippen LogP contribution in [0.1, 0.15) is 17.2 Å². The summed E-state index contributed by atoms with van der Waals surface area (Å²) in [5, 5.41) is 3.52. The van der Waals surface area contributed by atoms with Gasteiger partial charge in [0.15, 0.2) is 0 Å². The summed E-state index contributed by atoms with van der Waals surface area (Å²) < 4.78 is 12.3. The molecule has 0 fully saturated rings. The fraction of sp³-hybridized carbons (Fsp3) is 0.250. The Bertz CT molecular complexity index is 642. The van der Waals surface area contributed by atoms with Crippen molar-refractivity contribution in [3.8, 4) is 11.5 Å². The summed E-state index contributed by atoms with van der Waals surface area (Å²) in [6.45, 7) is 2.67. The van der Waals surface area contributed by atoms with Crippen LogP contribution >= 0.6 is 15.9 Å². The summed E-state index contributed by atoms with van der Waals surface area (Å²) in [4.78, 5) is 0. The van der Waals surface area contributed by atoms with Crippen molar-refractivity contribution < 1.29 is 9.47 Å². The van der Waals surface area contributed by atoms with Crippen molar-refractivity contribution in [1.29, 1.82) is 0 Å². The minimum Gasteiger partial charge on any atom is -0.496 e. The minimum absolute atomic E-state index is 0.0959. The Labute approximate surface area is 127 Å². The van der Waals surface area contributed by atoms with E-state index in [1.54, 1.807) is 7.11 Å². The number of anilines is 1. The molecule has 20 heavy (non-hydrogen) atoms. The monoisotopic (exact) mass is 333 g/mol. The van der Waals surface area contributed by atoms with Gasteiger partial charge in [-0.1, -0.05) is 33.6 Å². The topological polar surface area (TPSA) is 30.5 Å². The molecule has 0 radical (unpaired) electrons. The van der Waals surface area contributed by atoms with Gasteiger partial charge in [0.2, 0.25) is 0 Å². The third kappa shape index (κ3) is 2.48. The molecule has 0 spiro atoms. The maximum atomic E-state index is 5.86. The molecule has 4 heteroatoms. The van der Waals surface area contributed by atoms with Gasteiger partial charge in [-0.3, -0.25) is 0 Å². The SMILES string of the molecule is COc1ccc(C)cc1C1COc2cc(Br)ccc2N1. The van der Waals surface area contributed by atoms with Crippen molar-refractivity contribution in [3.05, 3.63) is 52.0 Å². The number of fused-ring (bicyclic) bond motifs is 1. The fourth-order valence-corrected chi connectivity index (χ4v) is 2.77. The number of aryl methyl sites for hydroxylation is 1. The first-order valence-corrected chi connectivity index (χ1v) is 7.30. The first-order valence-electron chi connectivity index (χ1n) is 6.51. The van der Waals surface area contributed by atoms with Crippen LogP contribution in [0.15, 0.2) is 40.9 Å². The molecular formula is C16H16BrNO2. The zero-order valence-corrected chi connectivity index (χ0v) is 13.0. The zero-order valence-electron chi connectivity index (χ0n) is 11.4. The van der Waals surface area contributed by atoms with Gasteiger partial charge in [0, 0.05) is 10.0 Å². The summed E-state index contributed by atoms with van der Waals surface area (Å²) in [5.74, 6) is 1.76. The van der Waals surface area contributed by atoms with Gasteiger partial charge in [0.05, 0.1) is 18.8 Å². The molecule has 2 aromatic rings. The lowest BCUT2D eigenvalue weighted by Crippen LogP contribution is -2.24. The maximum absolute atomic E-state index is 5.86. The lowest BCUT2D eigenvalue weighted by Gasteiger charge is -2.29. The molecule has 1 unspecified atom stereocenters. The third-order valence-corrected chi connectivity index (χ3v) is 3.93. The van der Waals surface area contributed by atoms with Crippen LogP contribution in [0, 0.1) is 6.92 Å². The standard InChI is InChI=1S/C16H16BrNO2/c1-10-3-6-15(19-2)12(7-10)14-9-20-16-8-11(17)4-5-13(16)18-14/h3-8,14,18H,9H2,1-2H3.